The van der Waals surface area contributed by atoms with Gasteiger partial charge in [0.15, 0.2) is 0 Å². The van der Waals surface area contributed by atoms with Crippen LogP contribution in [0.4, 0.5) is 0 Å². The van der Waals surface area contributed by atoms with Gasteiger partial charge in [0.05, 0.1) is 6.54 Å². The van der Waals surface area contributed by atoms with Gasteiger partial charge in [-0.1, -0.05) is 11.8 Å². The second kappa shape index (κ2) is 6.05. The second-order valence-electron chi connectivity index (χ2n) is 3.37. The number of aliphatic hydroxyl groups excluding tert-OH is 1. The Kier molecular flexibility index (Phi) is 5.79. The molecule has 70 valence electrons. The van der Waals surface area contributed by atoms with Crippen molar-refractivity contribution < 1.29 is 5.11 Å². The second-order valence-corrected chi connectivity index (χ2v) is 3.37. The van der Waals surface area contributed by atoms with Gasteiger partial charge in [0.2, 0.25) is 0 Å². The van der Waals surface area contributed by atoms with E-state index in [0.717, 1.165) is 6.54 Å². The lowest BCUT2D eigenvalue weighted by atomic mass is 10.2. The maximum atomic E-state index is 8.46. The first kappa shape index (κ1) is 11.5. The number of rotatable bonds is 3. The van der Waals surface area contributed by atoms with Crippen LogP contribution in [0.5, 0.6) is 0 Å². The zero-order chi connectivity index (χ0) is 9.56. The minimum absolute atomic E-state index is 0.0377. The molecule has 1 N–H and O–H groups in total. The molecule has 0 rings (SSSR count). The summed E-state index contributed by atoms with van der Waals surface area (Å²) in [6.07, 6.45) is 0. The standard InChI is InChI=1S/C10H19NO/c1-9(2)11(10(3)4)7-5-6-8-12/h9-10,12H,7-8H2,1-4H3. The summed E-state index contributed by atoms with van der Waals surface area (Å²) < 4.78 is 0. The zero-order valence-corrected chi connectivity index (χ0v) is 8.46. The molecular formula is C10H19NO. The van der Waals surface area contributed by atoms with Crippen LogP contribution in [0.3, 0.4) is 0 Å². The van der Waals surface area contributed by atoms with E-state index < -0.39 is 0 Å². The van der Waals surface area contributed by atoms with Crippen LogP contribution in [-0.4, -0.2) is 35.2 Å². The molecular weight excluding hydrogens is 150 g/mol. The average molecular weight is 169 g/mol. The molecule has 0 aromatic rings. The topological polar surface area (TPSA) is 23.5 Å². The number of nitrogens with zero attached hydrogens (tertiary/aromatic N) is 1. The molecule has 0 unspecified atom stereocenters. The summed E-state index contributed by atoms with van der Waals surface area (Å²) in [4.78, 5) is 2.28. The molecule has 0 saturated heterocycles. The van der Waals surface area contributed by atoms with Crippen molar-refractivity contribution in [3.05, 3.63) is 0 Å². The van der Waals surface area contributed by atoms with E-state index >= 15 is 0 Å². The van der Waals surface area contributed by atoms with Crippen LogP contribution in [0.25, 0.3) is 0 Å². The third-order valence-electron chi connectivity index (χ3n) is 1.79. The SMILES string of the molecule is CC(C)N(CC#CCO)C(C)C. The lowest BCUT2D eigenvalue weighted by Gasteiger charge is -2.28. The van der Waals surface area contributed by atoms with E-state index in [4.69, 9.17) is 5.11 Å². The van der Waals surface area contributed by atoms with E-state index in [1.807, 2.05) is 0 Å². The van der Waals surface area contributed by atoms with Crippen molar-refractivity contribution in [3.8, 4) is 11.8 Å². The Morgan fingerprint density at radius 2 is 1.58 bits per heavy atom. The van der Waals surface area contributed by atoms with Gasteiger partial charge in [-0.3, -0.25) is 4.90 Å². The van der Waals surface area contributed by atoms with Crippen molar-refractivity contribution in [2.45, 2.75) is 39.8 Å². The van der Waals surface area contributed by atoms with Crippen molar-refractivity contribution in [3.63, 3.8) is 0 Å². The van der Waals surface area contributed by atoms with Crippen LogP contribution in [-0.2, 0) is 0 Å². The monoisotopic (exact) mass is 169 g/mol. The van der Waals surface area contributed by atoms with Crippen LogP contribution in [0, 0.1) is 11.8 Å². The highest BCUT2D eigenvalue weighted by molar-refractivity contribution is 5.01. The molecule has 0 saturated carbocycles. The summed E-state index contributed by atoms with van der Waals surface area (Å²) in [5.74, 6) is 5.58. The predicted octanol–water partition coefficient (Wildman–Crippen LogP) is 1.10. The Labute approximate surface area is 75.6 Å². The number of hydrogen-bond donors (Lipinski definition) is 1. The van der Waals surface area contributed by atoms with Crippen molar-refractivity contribution >= 4 is 0 Å². The summed E-state index contributed by atoms with van der Waals surface area (Å²) in [6, 6.07) is 1.02. The Morgan fingerprint density at radius 3 is 1.92 bits per heavy atom. The van der Waals surface area contributed by atoms with Crippen LogP contribution in [0.2, 0.25) is 0 Å². The minimum atomic E-state index is -0.0377. The smallest absolute Gasteiger partial charge is 0.104 e. The summed E-state index contributed by atoms with van der Waals surface area (Å²) in [7, 11) is 0. The van der Waals surface area contributed by atoms with E-state index in [1.54, 1.807) is 0 Å². The van der Waals surface area contributed by atoms with Crippen LogP contribution >= 0.6 is 0 Å². The lowest BCUT2D eigenvalue weighted by molar-refractivity contribution is 0.199. The molecule has 12 heavy (non-hydrogen) atoms. The molecule has 0 aliphatic carbocycles. The van der Waals surface area contributed by atoms with E-state index in [1.165, 1.54) is 0 Å². The first-order chi connectivity index (χ1) is 5.59. The average Bonchev–Trinajstić information content (AvgIpc) is 1.96. The highest BCUT2D eigenvalue weighted by Gasteiger charge is 2.10. The highest BCUT2D eigenvalue weighted by Crippen LogP contribution is 2.02. The van der Waals surface area contributed by atoms with E-state index in [2.05, 4.69) is 44.4 Å². The van der Waals surface area contributed by atoms with Gasteiger partial charge in [-0.25, -0.2) is 0 Å². The van der Waals surface area contributed by atoms with Gasteiger partial charge < -0.3 is 5.11 Å². The normalized spacial score (nSPS) is 10.7. The summed E-state index contributed by atoms with van der Waals surface area (Å²) in [5.41, 5.74) is 0. The molecule has 0 bridgehead atoms. The molecule has 0 heterocycles. The maximum absolute atomic E-state index is 8.46. The Hall–Kier alpha value is -0.520. The van der Waals surface area contributed by atoms with Crippen molar-refractivity contribution in [2.24, 2.45) is 0 Å². The zero-order valence-electron chi connectivity index (χ0n) is 8.46. The molecule has 0 amide bonds. The summed E-state index contributed by atoms with van der Waals surface area (Å²) >= 11 is 0. The fourth-order valence-corrected chi connectivity index (χ4v) is 1.16. The fourth-order valence-electron chi connectivity index (χ4n) is 1.16. The van der Waals surface area contributed by atoms with Crippen molar-refractivity contribution in [2.75, 3.05) is 13.2 Å². The van der Waals surface area contributed by atoms with Gasteiger partial charge in [0, 0.05) is 12.1 Å². The van der Waals surface area contributed by atoms with Crippen LogP contribution < -0.4 is 0 Å². The molecule has 0 atom stereocenters. The molecule has 2 nitrogen and oxygen atoms in total. The molecule has 0 fully saturated rings. The van der Waals surface area contributed by atoms with Crippen LogP contribution in [0.15, 0.2) is 0 Å². The van der Waals surface area contributed by atoms with E-state index in [-0.39, 0.29) is 6.61 Å². The van der Waals surface area contributed by atoms with E-state index in [9.17, 15) is 0 Å². The number of aliphatic hydroxyl groups is 1. The predicted molar refractivity (Wildman–Crippen MR) is 51.8 cm³/mol. The van der Waals surface area contributed by atoms with Gasteiger partial charge in [-0.2, -0.15) is 0 Å². The molecule has 0 aliphatic heterocycles. The van der Waals surface area contributed by atoms with Gasteiger partial charge in [0.25, 0.3) is 0 Å². The third kappa shape index (κ3) is 4.38. The van der Waals surface area contributed by atoms with E-state index in [0.29, 0.717) is 12.1 Å². The summed E-state index contributed by atoms with van der Waals surface area (Å²) in [5, 5.41) is 8.46. The lowest BCUT2D eigenvalue weighted by Crippen LogP contribution is -2.37. The Bertz CT molecular complexity index is 156. The first-order valence-corrected chi connectivity index (χ1v) is 4.42. The van der Waals surface area contributed by atoms with Crippen LogP contribution in [0.1, 0.15) is 27.7 Å². The van der Waals surface area contributed by atoms with Crippen molar-refractivity contribution in [1.29, 1.82) is 0 Å². The first-order valence-electron chi connectivity index (χ1n) is 4.42. The largest absolute Gasteiger partial charge is 0.384 e. The molecule has 0 aromatic carbocycles. The molecule has 0 aromatic heterocycles. The molecule has 2 heteroatoms. The number of hydrogen-bond acceptors (Lipinski definition) is 2. The van der Waals surface area contributed by atoms with Gasteiger partial charge in [-0.15, -0.1) is 0 Å². The Balaban J connectivity index is 3.96. The minimum Gasteiger partial charge on any atom is -0.384 e. The maximum Gasteiger partial charge on any atom is 0.104 e. The highest BCUT2D eigenvalue weighted by atomic mass is 16.2. The van der Waals surface area contributed by atoms with Gasteiger partial charge in [-0.05, 0) is 27.7 Å². The van der Waals surface area contributed by atoms with Gasteiger partial charge in [0.1, 0.15) is 6.61 Å². The molecule has 0 aliphatic rings. The Morgan fingerprint density at radius 1 is 1.08 bits per heavy atom. The third-order valence-corrected chi connectivity index (χ3v) is 1.79. The molecule has 0 spiro atoms. The van der Waals surface area contributed by atoms with Gasteiger partial charge >= 0.3 is 0 Å². The summed E-state index contributed by atoms with van der Waals surface area (Å²) in [6.45, 7) is 9.32. The van der Waals surface area contributed by atoms with Crippen molar-refractivity contribution in [1.82, 2.24) is 4.90 Å². The fraction of sp³-hybridized carbons (Fsp3) is 0.800. The molecule has 0 radical (unpaired) electrons. The quantitative estimate of drug-likeness (QED) is 0.640.